The number of para-hydroxylation sites is 1. The van der Waals surface area contributed by atoms with E-state index in [0.717, 1.165) is 17.5 Å². The molecule has 2 unspecified atom stereocenters. The van der Waals surface area contributed by atoms with Gasteiger partial charge < -0.3 is 14.8 Å². The zero-order chi connectivity index (χ0) is 20.0. The molecule has 0 aliphatic carbocycles. The number of rotatable bonds is 3. The maximum atomic E-state index is 13.3. The maximum Gasteiger partial charge on any atom is 0.228 e. The molecular formula is C24H25N3O2. The largest absolute Gasteiger partial charge is 0.358 e. The summed E-state index contributed by atoms with van der Waals surface area (Å²) in [7, 11) is 0. The first-order valence-electron chi connectivity index (χ1n) is 10.3. The van der Waals surface area contributed by atoms with Crippen LogP contribution >= 0.6 is 0 Å². The van der Waals surface area contributed by atoms with Gasteiger partial charge in [-0.05, 0) is 18.6 Å². The Kier molecular flexibility index (Phi) is 4.38. The van der Waals surface area contributed by atoms with Gasteiger partial charge in [0, 0.05) is 54.6 Å². The molecule has 3 aromatic rings. The van der Waals surface area contributed by atoms with Crippen molar-refractivity contribution in [2.24, 2.45) is 5.92 Å². The topological polar surface area (TPSA) is 56.4 Å². The third-order valence-corrected chi connectivity index (χ3v) is 6.45. The molecule has 148 valence electrons. The number of hydrogen-bond acceptors (Lipinski definition) is 2. The average Bonchev–Trinajstić information content (AvgIpc) is 3.33. The van der Waals surface area contributed by atoms with Crippen LogP contribution in [-0.4, -0.2) is 39.7 Å². The Morgan fingerprint density at radius 2 is 1.86 bits per heavy atom. The molecule has 0 bridgehead atoms. The zero-order valence-electron chi connectivity index (χ0n) is 16.6. The molecule has 5 heteroatoms. The van der Waals surface area contributed by atoms with Gasteiger partial charge in [-0.25, -0.2) is 0 Å². The highest BCUT2D eigenvalue weighted by Crippen LogP contribution is 2.32. The fourth-order valence-corrected chi connectivity index (χ4v) is 4.80. The van der Waals surface area contributed by atoms with Crippen molar-refractivity contribution in [2.75, 3.05) is 13.1 Å². The lowest BCUT2D eigenvalue weighted by Crippen LogP contribution is -2.40. The number of likely N-dealkylation sites (tertiary alicyclic amines) is 1. The molecule has 3 heterocycles. The number of fused-ring (bicyclic) bond motifs is 3. The van der Waals surface area contributed by atoms with Gasteiger partial charge in [-0.2, -0.15) is 0 Å². The highest BCUT2D eigenvalue weighted by Gasteiger charge is 2.39. The fourth-order valence-electron chi connectivity index (χ4n) is 4.80. The van der Waals surface area contributed by atoms with Crippen LogP contribution in [0.1, 0.15) is 36.2 Å². The van der Waals surface area contributed by atoms with Gasteiger partial charge in [0.15, 0.2) is 0 Å². The van der Waals surface area contributed by atoms with Crippen LogP contribution in [0.25, 0.3) is 10.9 Å². The number of hydrogen-bond donors (Lipinski definition) is 1. The molecule has 2 aliphatic heterocycles. The Labute approximate surface area is 170 Å². The Morgan fingerprint density at radius 3 is 2.69 bits per heavy atom. The van der Waals surface area contributed by atoms with Crippen LogP contribution < -0.4 is 0 Å². The molecular weight excluding hydrogens is 362 g/mol. The third-order valence-electron chi connectivity index (χ3n) is 6.45. The van der Waals surface area contributed by atoms with Crippen LogP contribution in [0, 0.1) is 5.92 Å². The van der Waals surface area contributed by atoms with E-state index >= 15 is 0 Å². The molecule has 2 atom stereocenters. The van der Waals surface area contributed by atoms with Crippen molar-refractivity contribution < 1.29 is 9.59 Å². The summed E-state index contributed by atoms with van der Waals surface area (Å²) in [5.74, 6) is -0.0676. The molecule has 1 N–H and O–H groups in total. The average molecular weight is 387 g/mol. The first-order valence-corrected chi connectivity index (χ1v) is 10.3. The van der Waals surface area contributed by atoms with Crippen molar-refractivity contribution in [2.45, 2.75) is 32.4 Å². The highest BCUT2D eigenvalue weighted by molar-refractivity contribution is 5.90. The number of nitrogens with one attached hydrogen (secondary N) is 1. The van der Waals surface area contributed by atoms with Crippen molar-refractivity contribution in [1.82, 2.24) is 14.8 Å². The predicted octanol–water partition coefficient (Wildman–Crippen LogP) is 3.66. The lowest BCUT2D eigenvalue weighted by atomic mass is 10.0. The van der Waals surface area contributed by atoms with Crippen LogP contribution in [0.4, 0.5) is 0 Å². The van der Waals surface area contributed by atoms with Gasteiger partial charge in [0.1, 0.15) is 0 Å². The summed E-state index contributed by atoms with van der Waals surface area (Å²) in [6.45, 7) is 3.87. The summed E-state index contributed by atoms with van der Waals surface area (Å²) in [4.78, 5) is 33.2. The van der Waals surface area contributed by atoms with Crippen LogP contribution in [0.3, 0.4) is 0 Å². The first-order chi connectivity index (χ1) is 14.1. The minimum atomic E-state index is -0.250. The highest BCUT2D eigenvalue weighted by atomic mass is 16.2. The van der Waals surface area contributed by atoms with Gasteiger partial charge in [-0.3, -0.25) is 9.59 Å². The maximum absolute atomic E-state index is 13.3. The van der Waals surface area contributed by atoms with Crippen LogP contribution in [0.15, 0.2) is 54.6 Å². The van der Waals surface area contributed by atoms with E-state index in [4.69, 9.17) is 0 Å². The summed E-state index contributed by atoms with van der Waals surface area (Å²) in [5, 5.41) is 1.20. The van der Waals surface area contributed by atoms with Gasteiger partial charge in [-0.15, -0.1) is 0 Å². The molecule has 0 saturated carbocycles. The first kappa shape index (κ1) is 18.0. The second-order valence-corrected chi connectivity index (χ2v) is 8.17. The summed E-state index contributed by atoms with van der Waals surface area (Å²) in [6, 6.07) is 18.3. The quantitative estimate of drug-likeness (QED) is 0.746. The van der Waals surface area contributed by atoms with E-state index < -0.39 is 0 Å². The molecule has 1 saturated heterocycles. The van der Waals surface area contributed by atoms with E-state index in [1.54, 1.807) is 0 Å². The number of benzene rings is 2. The Morgan fingerprint density at radius 1 is 1.10 bits per heavy atom. The third kappa shape index (κ3) is 3.11. The minimum Gasteiger partial charge on any atom is -0.358 e. The van der Waals surface area contributed by atoms with Crippen molar-refractivity contribution in [3.05, 3.63) is 71.4 Å². The standard InChI is InChI=1S/C24H25N3O2/c1-16(17-7-3-2-4-8-17)27-14-18(13-23(27)28)24(29)26-12-11-22-20(15-26)19-9-5-6-10-21(19)25-22/h2-10,16,18,25H,11-15H2,1H3. The summed E-state index contributed by atoms with van der Waals surface area (Å²) >= 11 is 0. The van der Waals surface area contributed by atoms with Crippen molar-refractivity contribution >= 4 is 22.7 Å². The van der Waals surface area contributed by atoms with E-state index in [2.05, 4.69) is 17.1 Å². The number of aromatic nitrogens is 1. The lowest BCUT2D eigenvalue weighted by molar-refractivity contribution is -0.136. The number of carbonyl (C=O) groups is 2. The van der Waals surface area contributed by atoms with Crippen LogP contribution in [0.5, 0.6) is 0 Å². The summed E-state index contributed by atoms with van der Waals surface area (Å²) in [5.41, 5.74) is 4.69. The molecule has 5 nitrogen and oxygen atoms in total. The molecule has 29 heavy (non-hydrogen) atoms. The number of H-pyrrole nitrogens is 1. The van der Waals surface area contributed by atoms with Gasteiger partial charge in [0.05, 0.1) is 12.0 Å². The second-order valence-electron chi connectivity index (χ2n) is 8.17. The predicted molar refractivity (Wildman–Crippen MR) is 112 cm³/mol. The van der Waals surface area contributed by atoms with Crippen LogP contribution in [0.2, 0.25) is 0 Å². The normalized spacial score (nSPS) is 20.2. The molecule has 2 amide bonds. The molecule has 5 rings (SSSR count). The molecule has 2 aromatic carbocycles. The summed E-state index contributed by atoms with van der Waals surface area (Å²) in [6.07, 6.45) is 1.15. The van der Waals surface area contributed by atoms with Crippen LogP contribution in [-0.2, 0) is 22.6 Å². The van der Waals surface area contributed by atoms with Gasteiger partial charge in [0.25, 0.3) is 0 Å². The van der Waals surface area contributed by atoms with Crippen molar-refractivity contribution in [3.8, 4) is 0 Å². The summed E-state index contributed by atoms with van der Waals surface area (Å²) < 4.78 is 0. The SMILES string of the molecule is CC(c1ccccc1)N1CC(C(=O)N2CCc3[nH]c4ccccc4c3C2)CC1=O. The Bertz CT molecular complexity index is 1070. The van der Waals surface area contributed by atoms with E-state index in [-0.39, 0.29) is 23.8 Å². The van der Waals surface area contributed by atoms with Gasteiger partial charge in [0.2, 0.25) is 11.8 Å². The van der Waals surface area contributed by atoms with E-state index in [9.17, 15) is 9.59 Å². The Balaban J connectivity index is 1.32. The molecule has 2 aliphatic rings. The number of carbonyl (C=O) groups excluding carboxylic acids is 2. The smallest absolute Gasteiger partial charge is 0.228 e. The number of amides is 2. The van der Waals surface area contributed by atoms with E-state index in [1.807, 2.05) is 59.2 Å². The van der Waals surface area contributed by atoms with E-state index in [0.29, 0.717) is 26.1 Å². The number of nitrogens with zero attached hydrogens (tertiary/aromatic N) is 2. The number of aromatic amines is 1. The van der Waals surface area contributed by atoms with Crippen molar-refractivity contribution in [3.63, 3.8) is 0 Å². The molecule has 1 aromatic heterocycles. The second kappa shape index (κ2) is 7.07. The van der Waals surface area contributed by atoms with E-state index in [1.165, 1.54) is 16.6 Å². The van der Waals surface area contributed by atoms with Gasteiger partial charge >= 0.3 is 0 Å². The van der Waals surface area contributed by atoms with Crippen molar-refractivity contribution in [1.29, 1.82) is 0 Å². The monoisotopic (exact) mass is 387 g/mol. The molecule has 1 fully saturated rings. The Hall–Kier alpha value is -3.08. The molecule has 0 spiro atoms. The molecule has 0 radical (unpaired) electrons. The zero-order valence-corrected chi connectivity index (χ0v) is 16.6. The lowest BCUT2D eigenvalue weighted by Gasteiger charge is -2.30. The minimum absolute atomic E-state index is 0.0110. The van der Waals surface area contributed by atoms with Gasteiger partial charge in [-0.1, -0.05) is 48.5 Å². The fraction of sp³-hybridized carbons (Fsp3) is 0.333.